The third kappa shape index (κ3) is 4.14. The van der Waals surface area contributed by atoms with Crippen molar-refractivity contribution < 1.29 is 0 Å². The standard InChI is InChI=1S/C13H21BrN2/c1-13(2,7-8-15)10-16(3)12-6-4-5-11(14)9-12/h4-6,9H,7-8,10,15H2,1-3H3. The molecule has 0 atom stereocenters. The second kappa shape index (κ2) is 5.69. The van der Waals surface area contributed by atoms with Crippen LogP contribution in [0.15, 0.2) is 28.7 Å². The number of benzene rings is 1. The number of anilines is 1. The molecule has 0 radical (unpaired) electrons. The molecule has 3 heteroatoms. The maximum Gasteiger partial charge on any atom is 0.0375 e. The molecule has 0 heterocycles. The van der Waals surface area contributed by atoms with E-state index in [4.69, 9.17) is 5.73 Å². The molecule has 2 nitrogen and oxygen atoms in total. The van der Waals surface area contributed by atoms with Crippen molar-refractivity contribution in [2.75, 3.05) is 25.0 Å². The molecule has 1 aromatic rings. The number of nitrogens with zero attached hydrogens (tertiary/aromatic N) is 1. The first-order valence-corrected chi connectivity index (χ1v) is 6.41. The summed E-state index contributed by atoms with van der Waals surface area (Å²) in [4.78, 5) is 2.28. The molecule has 2 N–H and O–H groups in total. The van der Waals surface area contributed by atoms with E-state index in [1.165, 1.54) is 5.69 Å². The molecule has 0 aliphatic heterocycles. The van der Waals surface area contributed by atoms with E-state index >= 15 is 0 Å². The van der Waals surface area contributed by atoms with Gasteiger partial charge in [-0.05, 0) is 36.6 Å². The van der Waals surface area contributed by atoms with Crippen molar-refractivity contribution in [1.29, 1.82) is 0 Å². The minimum atomic E-state index is 0.256. The van der Waals surface area contributed by atoms with Crippen molar-refractivity contribution >= 4 is 21.6 Å². The zero-order valence-electron chi connectivity index (χ0n) is 10.3. The van der Waals surface area contributed by atoms with Crippen LogP contribution < -0.4 is 10.6 Å². The maximum absolute atomic E-state index is 5.63. The van der Waals surface area contributed by atoms with E-state index < -0.39 is 0 Å². The van der Waals surface area contributed by atoms with E-state index in [0.717, 1.165) is 24.0 Å². The van der Waals surface area contributed by atoms with E-state index in [0.29, 0.717) is 0 Å². The van der Waals surface area contributed by atoms with E-state index in [1.54, 1.807) is 0 Å². The van der Waals surface area contributed by atoms with Crippen molar-refractivity contribution in [3.05, 3.63) is 28.7 Å². The maximum atomic E-state index is 5.63. The average molecular weight is 285 g/mol. The van der Waals surface area contributed by atoms with E-state index in [1.807, 2.05) is 6.07 Å². The predicted molar refractivity (Wildman–Crippen MR) is 74.9 cm³/mol. The topological polar surface area (TPSA) is 29.3 Å². The van der Waals surface area contributed by atoms with Crippen molar-refractivity contribution in [3.63, 3.8) is 0 Å². The summed E-state index contributed by atoms with van der Waals surface area (Å²) in [6.45, 7) is 6.28. The quantitative estimate of drug-likeness (QED) is 0.899. The van der Waals surface area contributed by atoms with Gasteiger partial charge in [-0.1, -0.05) is 35.8 Å². The highest BCUT2D eigenvalue weighted by Gasteiger charge is 2.19. The van der Waals surface area contributed by atoms with Gasteiger partial charge >= 0.3 is 0 Å². The zero-order chi connectivity index (χ0) is 12.2. The van der Waals surface area contributed by atoms with Gasteiger partial charge in [-0.25, -0.2) is 0 Å². The average Bonchev–Trinajstić information content (AvgIpc) is 2.16. The second-order valence-electron chi connectivity index (χ2n) is 5.04. The van der Waals surface area contributed by atoms with Crippen LogP contribution in [0, 0.1) is 5.41 Å². The molecule has 0 saturated heterocycles. The largest absolute Gasteiger partial charge is 0.374 e. The first kappa shape index (κ1) is 13.5. The summed E-state index contributed by atoms with van der Waals surface area (Å²) in [6, 6.07) is 8.37. The Kier molecular flexibility index (Phi) is 4.81. The van der Waals surface area contributed by atoms with Crippen LogP contribution in [0.25, 0.3) is 0 Å². The van der Waals surface area contributed by atoms with E-state index in [-0.39, 0.29) is 5.41 Å². The molecule has 0 aliphatic carbocycles. The molecule has 0 unspecified atom stereocenters. The van der Waals surface area contributed by atoms with Gasteiger partial charge in [-0.15, -0.1) is 0 Å². The van der Waals surface area contributed by atoms with Crippen LogP contribution in [0.3, 0.4) is 0 Å². The summed E-state index contributed by atoms with van der Waals surface area (Å²) in [5.74, 6) is 0. The van der Waals surface area contributed by atoms with Crippen molar-refractivity contribution in [3.8, 4) is 0 Å². The van der Waals surface area contributed by atoms with Crippen LogP contribution in [-0.2, 0) is 0 Å². The second-order valence-corrected chi connectivity index (χ2v) is 5.95. The lowest BCUT2D eigenvalue weighted by Crippen LogP contribution is -2.32. The van der Waals surface area contributed by atoms with Crippen LogP contribution >= 0.6 is 15.9 Å². The van der Waals surface area contributed by atoms with Gasteiger partial charge in [0, 0.05) is 23.8 Å². The minimum absolute atomic E-state index is 0.256. The number of nitrogens with two attached hydrogens (primary N) is 1. The van der Waals surface area contributed by atoms with E-state index in [9.17, 15) is 0 Å². The Labute approximate surface area is 107 Å². The third-order valence-electron chi connectivity index (χ3n) is 2.74. The Hall–Kier alpha value is -0.540. The Bertz CT molecular complexity index is 336. The molecule has 0 fully saturated rings. The minimum Gasteiger partial charge on any atom is -0.374 e. The summed E-state index contributed by atoms with van der Waals surface area (Å²) in [6.07, 6.45) is 1.05. The van der Waals surface area contributed by atoms with E-state index in [2.05, 4.69) is 59.9 Å². The van der Waals surface area contributed by atoms with Gasteiger partial charge in [0.2, 0.25) is 0 Å². The van der Waals surface area contributed by atoms with Crippen molar-refractivity contribution in [1.82, 2.24) is 0 Å². The van der Waals surface area contributed by atoms with Crippen LogP contribution in [-0.4, -0.2) is 20.1 Å². The van der Waals surface area contributed by atoms with Crippen LogP contribution in [0.2, 0.25) is 0 Å². The van der Waals surface area contributed by atoms with Gasteiger partial charge in [0.15, 0.2) is 0 Å². The summed E-state index contributed by atoms with van der Waals surface area (Å²) in [7, 11) is 2.13. The fourth-order valence-corrected chi connectivity index (χ4v) is 2.30. The molecular formula is C13H21BrN2. The highest BCUT2D eigenvalue weighted by Crippen LogP contribution is 2.25. The molecule has 0 saturated carbocycles. The van der Waals surface area contributed by atoms with Gasteiger partial charge in [-0.3, -0.25) is 0 Å². The normalized spacial score (nSPS) is 11.6. The molecule has 0 amide bonds. The fraction of sp³-hybridized carbons (Fsp3) is 0.538. The van der Waals surface area contributed by atoms with Crippen LogP contribution in [0.5, 0.6) is 0 Å². The molecule has 0 aromatic heterocycles. The first-order chi connectivity index (χ1) is 7.44. The molecular weight excluding hydrogens is 264 g/mol. The number of halogens is 1. The summed E-state index contributed by atoms with van der Waals surface area (Å²) in [5.41, 5.74) is 7.12. The Morgan fingerprint density at radius 2 is 2.06 bits per heavy atom. The summed E-state index contributed by atoms with van der Waals surface area (Å²) >= 11 is 3.49. The Morgan fingerprint density at radius 3 is 2.62 bits per heavy atom. The van der Waals surface area contributed by atoms with Gasteiger partial charge in [0.25, 0.3) is 0 Å². The number of rotatable bonds is 5. The smallest absolute Gasteiger partial charge is 0.0375 e. The van der Waals surface area contributed by atoms with Crippen LogP contribution in [0.4, 0.5) is 5.69 Å². The lowest BCUT2D eigenvalue weighted by Gasteiger charge is -2.31. The highest BCUT2D eigenvalue weighted by atomic mass is 79.9. The van der Waals surface area contributed by atoms with Gasteiger partial charge in [0.1, 0.15) is 0 Å². The summed E-state index contributed by atoms with van der Waals surface area (Å²) in [5, 5.41) is 0. The molecule has 0 bridgehead atoms. The number of hydrogen-bond acceptors (Lipinski definition) is 2. The van der Waals surface area contributed by atoms with Crippen molar-refractivity contribution in [2.45, 2.75) is 20.3 Å². The van der Waals surface area contributed by atoms with Crippen molar-refractivity contribution in [2.24, 2.45) is 11.1 Å². The SMILES string of the molecule is CN(CC(C)(C)CCN)c1cccc(Br)c1. The van der Waals surface area contributed by atoms with Crippen LogP contribution in [0.1, 0.15) is 20.3 Å². The molecule has 90 valence electrons. The number of hydrogen-bond donors (Lipinski definition) is 1. The lowest BCUT2D eigenvalue weighted by atomic mass is 9.89. The van der Waals surface area contributed by atoms with Gasteiger partial charge in [0.05, 0.1) is 0 Å². The highest BCUT2D eigenvalue weighted by molar-refractivity contribution is 9.10. The molecule has 0 aliphatic rings. The predicted octanol–water partition coefficient (Wildman–Crippen LogP) is 3.26. The van der Waals surface area contributed by atoms with Gasteiger partial charge < -0.3 is 10.6 Å². The monoisotopic (exact) mass is 284 g/mol. The molecule has 0 spiro atoms. The summed E-state index contributed by atoms with van der Waals surface area (Å²) < 4.78 is 1.12. The lowest BCUT2D eigenvalue weighted by molar-refractivity contribution is 0.347. The molecule has 1 rings (SSSR count). The Morgan fingerprint density at radius 1 is 1.38 bits per heavy atom. The molecule has 1 aromatic carbocycles. The molecule has 16 heavy (non-hydrogen) atoms. The Balaban J connectivity index is 2.68. The van der Waals surface area contributed by atoms with Gasteiger partial charge in [-0.2, -0.15) is 0 Å². The first-order valence-electron chi connectivity index (χ1n) is 5.61. The third-order valence-corrected chi connectivity index (χ3v) is 3.23. The zero-order valence-corrected chi connectivity index (χ0v) is 11.9. The fourth-order valence-electron chi connectivity index (χ4n) is 1.92.